The summed E-state index contributed by atoms with van der Waals surface area (Å²) in [6.45, 7) is 4.76. The zero-order valence-corrected chi connectivity index (χ0v) is 12.5. The molecule has 1 unspecified atom stereocenters. The van der Waals surface area contributed by atoms with Gasteiger partial charge in [0.15, 0.2) is 5.82 Å². The number of aryl methyl sites for hydroxylation is 1. The Kier molecular flexibility index (Phi) is 4.20. The standard InChI is InChI=1S/C15H22N4O/c1-11-12-7-5-6-8-13(12)14(18-17-11)16-9-15(2,20)10-19(3)4/h5-8,20H,9-10H2,1-4H3,(H,16,18). The van der Waals surface area contributed by atoms with Gasteiger partial charge in [0, 0.05) is 23.9 Å². The summed E-state index contributed by atoms with van der Waals surface area (Å²) in [7, 11) is 3.88. The van der Waals surface area contributed by atoms with Crippen molar-refractivity contribution in [1.29, 1.82) is 0 Å². The van der Waals surface area contributed by atoms with E-state index in [0.717, 1.165) is 16.5 Å². The summed E-state index contributed by atoms with van der Waals surface area (Å²) in [5, 5.41) is 24.0. The van der Waals surface area contributed by atoms with Crippen LogP contribution in [0, 0.1) is 6.92 Å². The smallest absolute Gasteiger partial charge is 0.156 e. The van der Waals surface area contributed by atoms with Crippen LogP contribution >= 0.6 is 0 Å². The fourth-order valence-electron chi connectivity index (χ4n) is 2.38. The highest BCUT2D eigenvalue weighted by Gasteiger charge is 2.21. The van der Waals surface area contributed by atoms with E-state index in [1.807, 2.05) is 57.1 Å². The van der Waals surface area contributed by atoms with Gasteiger partial charge < -0.3 is 15.3 Å². The third-order valence-corrected chi connectivity index (χ3v) is 3.17. The Balaban J connectivity index is 2.21. The molecule has 2 aromatic rings. The monoisotopic (exact) mass is 274 g/mol. The summed E-state index contributed by atoms with van der Waals surface area (Å²) >= 11 is 0. The van der Waals surface area contributed by atoms with E-state index in [1.165, 1.54) is 0 Å². The largest absolute Gasteiger partial charge is 0.387 e. The van der Waals surface area contributed by atoms with Gasteiger partial charge in [0.1, 0.15) is 0 Å². The van der Waals surface area contributed by atoms with Crippen LogP contribution in [-0.4, -0.2) is 53.0 Å². The van der Waals surface area contributed by atoms with Crippen LogP contribution in [0.3, 0.4) is 0 Å². The normalized spacial score (nSPS) is 14.5. The first-order chi connectivity index (χ1) is 9.39. The molecular weight excluding hydrogens is 252 g/mol. The number of nitrogens with zero attached hydrogens (tertiary/aromatic N) is 3. The van der Waals surface area contributed by atoms with E-state index in [2.05, 4.69) is 15.5 Å². The molecular formula is C15H22N4O. The molecule has 1 aromatic heterocycles. The van der Waals surface area contributed by atoms with Crippen molar-refractivity contribution < 1.29 is 5.11 Å². The third kappa shape index (κ3) is 3.43. The lowest BCUT2D eigenvalue weighted by molar-refractivity contribution is 0.0459. The Labute approximate surface area is 119 Å². The summed E-state index contributed by atoms with van der Waals surface area (Å²) in [5.41, 5.74) is 0.0863. The molecule has 0 aliphatic rings. The van der Waals surface area contributed by atoms with Crippen LogP contribution in [0.1, 0.15) is 12.6 Å². The second kappa shape index (κ2) is 5.73. The maximum Gasteiger partial charge on any atom is 0.156 e. The van der Waals surface area contributed by atoms with Gasteiger partial charge in [0.05, 0.1) is 11.3 Å². The molecule has 2 rings (SSSR count). The maximum absolute atomic E-state index is 10.3. The second-order valence-corrected chi connectivity index (χ2v) is 5.77. The number of nitrogens with one attached hydrogen (secondary N) is 1. The van der Waals surface area contributed by atoms with Crippen molar-refractivity contribution in [1.82, 2.24) is 15.1 Å². The number of hydrogen-bond acceptors (Lipinski definition) is 5. The molecule has 0 aliphatic carbocycles. The van der Waals surface area contributed by atoms with Gasteiger partial charge in [-0.05, 0) is 27.9 Å². The summed E-state index contributed by atoms with van der Waals surface area (Å²) < 4.78 is 0. The summed E-state index contributed by atoms with van der Waals surface area (Å²) in [4.78, 5) is 1.96. The van der Waals surface area contributed by atoms with Gasteiger partial charge in [-0.3, -0.25) is 0 Å². The third-order valence-electron chi connectivity index (χ3n) is 3.17. The summed E-state index contributed by atoms with van der Waals surface area (Å²) in [5.74, 6) is 0.713. The van der Waals surface area contributed by atoms with Crippen LogP contribution in [-0.2, 0) is 0 Å². The minimum atomic E-state index is -0.822. The summed E-state index contributed by atoms with van der Waals surface area (Å²) in [6, 6.07) is 8.01. The first kappa shape index (κ1) is 14.7. The molecule has 1 aromatic carbocycles. The number of likely N-dealkylation sites (N-methyl/N-ethyl adjacent to an activating group) is 1. The molecule has 0 saturated carbocycles. The van der Waals surface area contributed by atoms with Crippen LogP contribution in [0.5, 0.6) is 0 Å². The van der Waals surface area contributed by atoms with E-state index < -0.39 is 5.60 Å². The SMILES string of the molecule is Cc1nnc(NCC(C)(O)CN(C)C)c2ccccc12. The van der Waals surface area contributed by atoms with Crippen LogP contribution in [0.25, 0.3) is 10.8 Å². The number of hydrogen-bond donors (Lipinski definition) is 2. The molecule has 108 valence electrons. The number of aliphatic hydroxyl groups is 1. The maximum atomic E-state index is 10.3. The van der Waals surface area contributed by atoms with E-state index in [-0.39, 0.29) is 0 Å². The van der Waals surface area contributed by atoms with Gasteiger partial charge in [0.2, 0.25) is 0 Å². The molecule has 5 nitrogen and oxygen atoms in total. The van der Waals surface area contributed by atoms with E-state index >= 15 is 0 Å². The van der Waals surface area contributed by atoms with E-state index in [0.29, 0.717) is 18.9 Å². The Hall–Kier alpha value is -1.72. The highest BCUT2D eigenvalue weighted by atomic mass is 16.3. The first-order valence-corrected chi connectivity index (χ1v) is 6.72. The Morgan fingerprint density at radius 3 is 2.50 bits per heavy atom. The molecule has 1 atom stereocenters. The molecule has 0 fully saturated rings. The molecule has 1 heterocycles. The molecule has 0 saturated heterocycles. The van der Waals surface area contributed by atoms with Gasteiger partial charge in [-0.15, -0.1) is 5.10 Å². The van der Waals surface area contributed by atoms with Crippen LogP contribution in [0.4, 0.5) is 5.82 Å². The molecule has 5 heteroatoms. The Morgan fingerprint density at radius 2 is 1.85 bits per heavy atom. The van der Waals surface area contributed by atoms with Crippen LogP contribution in [0.2, 0.25) is 0 Å². The molecule has 0 amide bonds. The number of fused-ring (bicyclic) bond motifs is 1. The highest BCUT2D eigenvalue weighted by molar-refractivity contribution is 5.92. The zero-order valence-electron chi connectivity index (χ0n) is 12.5. The number of aromatic nitrogens is 2. The van der Waals surface area contributed by atoms with Crippen LogP contribution < -0.4 is 5.32 Å². The summed E-state index contributed by atoms with van der Waals surface area (Å²) in [6.07, 6.45) is 0. The topological polar surface area (TPSA) is 61.3 Å². The van der Waals surface area contributed by atoms with Crippen molar-refractivity contribution in [2.75, 3.05) is 32.5 Å². The molecule has 0 aliphatic heterocycles. The number of rotatable bonds is 5. The Bertz CT molecular complexity index is 595. The highest BCUT2D eigenvalue weighted by Crippen LogP contribution is 2.22. The van der Waals surface area contributed by atoms with Gasteiger partial charge >= 0.3 is 0 Å². The lowest BCUT2D eigenvalue weighted by atomic mass is 10.1. The molecule has 0 bridgehead atoms. The van der Waals surface area contributed by atoms with Crippen molar-refractivity contribution in [3.05, 3.63) is 30.0 Å². The predicted molar refractivity (Wildman–Crippen MR) is 81.9 cm³/mol. The second-order valence-electron chi connectivity index (χ2n) is 5.77. The lowest BCUT2D eigenvalue weighted by Gasteiger charge is -2.27. The quantitative estimate of drug-likeness (QED) is 0.868. The molecule has 0 spiro atoms. The van der Waals surface area contributed by atoms with Crippen LogP contribution in [0.15, 0.2) is 24.3 Å². The van der Waals surface area contributed by atoms with Gasteiger partial charge in [-0.1, -0.05) is 24.3 Å². The van der Waals surface area contributed by atoms with E-state index in [4.69, 9.17) is 0 Å². The molecule has 20 heavy (non-hydrogen) atoms. The van der Waals surface area contributed by atoms with E-state index in [1.54, 1.807) is 0 Å². The fourth-order valence-corrected chi connectivity index (χ4v) is 2.38. The average Bonchev–Trinajstić information content (AvgIpc) is 2.37. The minimum Gasteiger partial charge on any atom is -0.387 e. The van der Waals surface area contributed by atoms with Crippen molar-refractivity contribution in [3.8, 4) is 0 Å². The zero-order chi connectivity index (χ0) is 14.8. The first-order valence-electron chi connectivity index (χ1n) is 6.72. The number of anilines is 1. The minimum absolute atomic E-state index is 0.424. The van der Waals surface area contributed by atoms with Crippen molar-refractivity contribution in [2.45, 2.75) is 19.4 Å². The lowest BCUT2D eigenvalue weighted by Crippen LogP contribution is -2.43. The number of benzene rings is 1. The average molecular weight is 274 g/mol. The fraction of sp³-hybridized carbons (Fsp3) is 0.467. The predicted octanol–water partition coefficient (Wildman–Crippen LogP) is 1.66. The van der Waals surface area contributed by atoms with Crippen molar-refractivity contribution >= 4 is 16.6 Å². The van der Waals surface area contributed by atoms with Gasteiger partial charge in [-0.25, -0.2) is 0 Å². The Morgan fingerprint density at radius 1 is 1.20 bits per heavy atom. The van der Waals surface area contributed by atoms with Gasteiger partial charge in [0.25, 0.3) is 0 Å². The molecule has 2 N–H and O–H groups in total. The van der Waals surface area contributed by atoms with Crippen molar-refractivity contribution in [3.63, 3.8) is 0 Å². The van der Waals surface area contributed by atoms with Gasteiger partial charge in [-0.2, -0.15) is 5.10 Å². The van der Waals surface area contributed by atoms with E-state index in [9.17, 15) is 5.11 Å². The molecule has 0 radical (unpaired) electrons. The van der Waals surface area contributed by atoms with Crippen molar-refractivity contribution in [2.24, 2.45) is 0 Å².